The molecule has 2 aromatic carbocycles. The predicted octanol–water partition coefficient (Wildman–Crippen LogP) is 4.27. The number of hydrogen-bond donors (Lipinski definition) is 2. The number of anilines is 2. The molecule has 4 rings (SSSR count). The minimum absolute atomic E-state index is 0.0487. The highest BCUT2D eigenvalue weighted by molar-refractivity contribution is 5.88. The number of carbonyl (C=O) groups is 1. The summed E-state index contributed by atoms with van der Waals surface area (Å²) >= 11 is 0. The van der Waals surface area contributed by atoms with Crippen molar-refractivity contribution < 1.29 is 15.0 Å². The number of aliphatic hydroxyl groups is 1. The molecule has 25 heavy (non-hydrogen) atoms. The summed E-state index contributed by atoms with van der Waals surface area (Å²) in [5.41, 5.74) is 5.10. The number of benzene rings is 2. The maximum atomic E-state index is 11.1. The second-order valence-electron chi connectivity index (χ2n) is 7.13. The van der Waals surface area contributed by atoms with Gasteiger partial charge in [-0.25, -0.2) is 4.79 Å². The molecule has 0 amide bonds. The topological polar surface area (TPSA) is 60.8 Å². The average molecular weight is 337 g/mol. The molecule has 2 N–H and O–H groups in total. The van der Waals surface area contributed by atoms with Gasteiger partial charge in [0.2, 0.25) is 0 Å². The number of carboxylic acids is 1. The number of nitrogens with zero attached hydrogens (tertiary/aromatic N) is 1. The van der Waals surface area contributed by atoms with Crippen molar-refractivity contribution in [3.63, 3.8) is 0 Å². The van der Waals surface area contributed by atoms with E-state index in [9.17, 15) is 9.90 Å². The van der Waals surface area contributed by atoms with Crippen LogP contribution in [0.4, 0.5) is 11.4 Å². The fraction of sp³-hybridized carbons (Fsp3) is 0.381. The average Bonchev–Trinajstić information content (AvgIpc) is 3.50. The van der Waals surface area contributed by atoms with E-state index in [4.69, 9.17) is 5.11 Å². The standard InChI is InChI=1S/C21H23NO3/c23-10-9-22(19-7-5-16(6-8-19)21(24)25)20-12-17(14-1-2-14)11-18(13-20)15-3-4-15/h5-8,11-15,23H,1-4,9-10H2,(H,24,25). The van der Waals surface area contributed by atoms with E-state index in [0.29, 0.717) is 18.4 Å². The van der Waals surface area contributed by atoms with Gasteiger partial charge < -0.3 is 15.1 Å². The van der Waals surface area contributed by atoms with Gasteiger partial charge in [0.1, 0.15) is 0 Å². The Morgan fingerprint density at radius 3 is 1.92 bits per heavy atom. The highest BCUT2D eigenvalue weighted by Gasteiger charge is 2.29. The first-order valence-electron chi connectivity index (χ1n) is 9.02. The minimum Gasteiger partial charge on any atom is -0.478 e. The molecule has 0 spiro atoms. The van der Waals surface area contributed by atoms with Crippen LogP contribution in [0.25, 0.3) is 0 Å². The molecule has 4 heteroatoms. The fourth-order valence-electron chi connectivity index (χ4n) is 3.41. The lowest BCUT2D eigenvalue weighted by Crippen LogP contribution is -2.21. The largest absolute Gasteiger partial charge is 0.478 e. The van der Waals surface area contributed by atoms with Crippen LogP contribution in [-0.4, -0.2) is 29.3 Å². The van der Waals surface area contributed by atoms with Crippen molar-refractivity contribution in [3.8, 4) is 0 Å². The van der Waals surface area contributed by atoms with E-state index in [2.05, 4.69) is 23.1 Å². The lowest BCUT2D eigenvalue weighted by molar-refractivity contribution is 0.0697. The molecule has 0 unspecified atom stereocenters. The highest BCUT2D eigenvalue weighted by atomic mass is 16.4. The van der Waals surface area contributed by atoms with E-state index in [1.54, 1.807) is 12.1 Å². The van der Waals surface area contributed by atoms with Crippen molar-refractivity contribution in [2.75, 3.05) is 18.1 Å². The third-order valence-corrected chi connectivity index (χ3v) is 5.12. The van der Waals surface area contributed by atoms with E-state index in [1.165, 1.54) is 36.8 Å². The highest BCUT2D eigenvalue weighted by Crippen LogP contribution is 2.47. The Kier molecular flexibility index (Phi) is 4.22. The Labute approximate surface area is 147 Å². The first-order chi connectivity index (χ1) is 12.2. The zero-order valence-corrected chi connectivity index (χ0v) is 14.2. The summed E-state index contributed by atoms with van der Waals surface area (Å²) < 4.78 is 0. The Morgan fingerprint density at radius 2 is 1.48 bits per heavy atom. The Balaban J connectivity index is 1.71. The first-order valence-corrected chi connectivity index (χ1v) is 9.02. The summed E-state index contributed by atoms with van der Waals surface area (Å²) in [4.78, 5) is 13.2. The third kappa shape index (κ3) is 3.54. The Bertz CT molecular complexity index is 746. The molecule has 2 aliphatic rings. The number of aliphatic hydroxyl groups excluding tert-OH is 1. The third-order valence-electron chi connectivity index (χ3n) is 5.12. The lowest BCUT2D eigenvalue weighted by Gasteiger charge is -2.26. The van der Waals surface area contributed by atoms with Gasteiger partial charge in [-0.15, -0.1) is 0 Å². The Morgan fingerprint density at radius 1 is 0.920 bits per heavy atom. The summed E-state index contributed by atoms with van der Waals surface area (Å²) in [5, 5.41) is 18.6. The predicted molar refractivity (Wildman–Crippen MR) is 97.9 cm³/mol. The van der Waals surface area contributed by atoms with Gasteiger partial charge in [0.15, 0.2) is 0 Å². The fourth-order valence-corrected chi connectivity index (χ4v) is 3.41. The molecule has 0 aromatic heterocycles. The molecule has 4 nitrogen and oxygen atoms in total. The van der Waals surface area contributed by atoms with Crippen LogP contribution < -0.4 is 4.90 Å². The number of carboxylic acid groups (broad SMARTS) is 1. The number of aromatic carboxylic acids is 1. The van der Waals surface area contributed by atoms with Gasteiger partial charge in [0, 0.05) is 17.9 Å². The van der Waals surface area contributed by atoms with Crippen LogP contribution in [0, 0.1) is 0 Å². The quantitative estimate of drug-likeness (QED) is 0.792. The van der Waals surface area contributed by atoms with E-state index < -0.39 is 5.97 Å². The van der Waals surface area contributed by atoms with Gasteiger partial charge in [-0.1, -0.05) is 6.07 Å². The van der Waals surface area contributed by atoms with Gasteiger partial charge in [0.25, 0.3) is 0 Å². The van der Waals surface area contributed by atoms with Crippen LogP contribution in [0.1, 0.15) is 59.0 Å². The van der Waals surface area contributed by atoms with Crippen LogP contribution in [0.3, 0.4) is 0 Å². The van der Waals surface area contributed by atoms with Gasteiger partial charge in [-0.3, -0.25) is 0 Å². The van der Waals surface area contributed by atoms with Crippen molar-refractivity contribution in [3.05, 3.63) is 59.2 Å². The maximum Gasteiger partial charge on any atom is 0.335 e. The van der Waals surface area contributed by atoms with Crippen molar-refractivity contribution in [2.45, 2.75) is 37.5 Å². The molecular formula is C21H23NO3. The summed E-state index contributed by atoms with van der Waals surface area (Å²) in [6, 6.07) is 13.7. The van der Waals surface area contributed by atoms with Crippen molar-refractivity contribution in [2.24, 2.45) is 0 Å². The molecule has 0 saturated heterocycles. The Hall–Kier alpha value is -2.33. The smallest absolute Gasteiger partial charge is 0.335 e. The molecule has 0 aliphatic heterocycles. The minimum atomic E-state index is -0.924. The first kappa shape index (κ1) is 16.2. The van der Waals surface area contributed by atoms with Crippen LogP contribution in [0.5, 0.6) is 0 Å². The monoisotopic (exact) mass is 337 g/mol. The van der Waals surface area contributed by atoms with E-state index >= 15 is 0 Å². The molecule has 130 valence electrons. The van der Waals surface area contributed by atoms with Gasteiger partial charge in [-0.2, -0.15) is 0 Å². The van der Waals surface area contributed by atoms with Gasteiger partial charge in [0.05, 0.1) is 12.2 Å². The van der Waals surface area contributed by atoms with E-state index in [1.807, 2.05) is 12.1 Å². The summed E-state index contributed by atoms with van der Waals surface area (Å²) in [6.45, 7) is 0.539. The van der Waals surface area contributed by atoms with Gasteiger partial charge in [-0.05, 0) is 85.0 Å². The zero-order valence-electron chi connectivity index (χ0n) is 14.2. The molecule has 2 fully saturated rings. The van der Waals surface area contributed by atoms with Crippen molar-refractivity contribution >= 4 is 17.3 Å². The van der Waals surface area contributed by atoms with Crippen LogP contribution in [0.2, 0.25) is 0 Å². The summed E-state index contributed by atoms with van der Waals surface area (Å²) in [7, 11) is 0. The molecule has 0 radical (unpaired) electrons. The number of rotatable bonds is 7. The summed E-state index contributed by atoms with van der Waals surface area (Å²) in [5.74, 6) is 0.442. The van der Waals surface area contributed by atoms with Crippen LogP contribution >= 0.6 is 0 Å². The summed E-state index contributed by atoms with van der Waals surface area (Å²) in [6.07, 6.45) is 5.06. The number of hydrogen-bond acceptors (Lipinski definition) is 3. The van der Waals surface area contributed by atoms with E-state index in [0.717, 1.165) is 11.4 Å². The van der Waals surface area contributed by atoms with Crippen molar-refractivity contribution in [1.29, 1.82) is 0 Å². The molecule has 2 saturated carbocycles. The molecule has 0 atom stereocenters. The van der Waals surface area contributed by atoms with Crippen LogP contribution in [0.15, 0.2) is 42.5 Å². The maximum absolute atomic E-state index is 11.1. The van der Waals surface area contributed by atoms with Crippen molar-refractivity contribution in [1.82, 2.24) is 0 Å². The SMILES string of the molecule is O=C(O)c1ccc(N(CCO)c2cc(C3CC3)cc(C3CC3)c2)cc1. The second-order valence-corrected chi connectivity index (χ2v) is 7.13. The lowest BCUT2D eigenvalue weighted by atomic mass is 10.0. The van der Waals surface area contributed by atoms with Gasteiger partial charge >= 0.3 is 5.97 Å². The molecular weight excluding hydrogens is 314 g/mol. The molecule has 2 aliphatic carbocycles. The normalized spacial score (nSPS) is 16.7. The molecule has 2 aromatic rings. The van der Waals surface area contributed by atoms with E-state index in [-0.39, 0.29) is 12.2 Å². The molecule has 0 bridgehead atoms. The molecule has 0 heterocycles. The zero-order chi connectivity index (χ0) is 17.4. The van der Waals surface area contributed by atoms with Crippen LogP contribution in [-0.2, 0) is 0 Å². The second kappa shape index (κ2) is 6.52.